The number of para-hydroxylation sites is 1. The van der Waals surface area contributed by atoms with Crippen LogP contribution >= 0.6 is 0 Å². The Bertz CT molecular complexity index is 970. The smallest absolute Gasteiger partial charge is 0.270 e. The molecule has 0 atom stereocenters. The number of H-pyrrole nitrogens is 1. The van der Waals surface area contributed by atoms with E-state index in [1.807, 2.05) is 25.1 Å². The van der Waals surface area contributed by atoms with E-state index >= 15 is 0 Å². The van der Waals surface area contributed by atoms with E-state index < -0.39 is 10.0 Å². The summed E-state index contributed by atoms with van der Waals surface area (Å²) < 4.78 is 27.3. The Balaban J connectivity index is 1.74. The van der Waals surface area contributed by atoms with Crippen molar-refractivity contribution in [1.82, 2.24) is 0 Å². The molecule has 0 unspecified atom stereocenters. The molecule has 27 heavy (non-hydrogen) atoms. The lowest BCUT2D eigenvalue weighted by atomic mass is 10.1. The zero-order chi connectivity index (χ0) is 19.3. The highest BCUT2D eigenvalue weighted by molar-refractivity contribution is 7.92. The zero-order valence-corrected chi connectivity index (χ0v) is 16.3. The molecule has 0 spiro atoms. The van der Waals surface area contributed by atoms with Gasteiger partial charge < -0.3 is 0 Å². The molecular weight excluding hydrogens is 358 g/mol. The number of aromatic nitrogens is 1. The van der Waals surface area contributed by atoms with Gasteiger partial charge in [0, 0.05) is 12.6 Å². The summed E-state index contributed by atoms with van der Waals surface area (Å²) in [7, 11) is -3.62. The first-order valence-corrected chi connectivity index (χ1v) is 10.3. The standard InChI is InChI=1S/C21H23N3O2S/c1-3-24(19-7-5-4-6-8-19)27(25,26)20-13-14-21(23-16-20)22-15-18-11-9-17(2)10-12-18/h4-14,16H,3,15H2,1-2H3,(H,22,23)/p+1. The molecule has 3 aromatic rings. The number of aryl methyl sites for hydroxylation is 1. The molecule has 0 aliphatic rings. The number of benzene rings is 2. The lowest BCUT2D eigenvalue weighted by Crippen LogP contribution is -2.31. The SMILES string of the molecule is CCN(c1ccccc1)S(=O)(=O)c1ccc(NCc2ccc(C)cc2)[nH+]c1. The highest BCUT2D eigenvalue weighted by Gasteiger charge is 2.24. The summed E-state index contributed by atoms with van der Waals surface area (Å²) in [6, 6.07) is 20.8. The molecule has 0 saturated carbocycles. The lowest BCUT2D eigenvalue weighted by molar-refractivity contribution is -0.364. The van der Waals surface area contributed by atoms with Gasteiger partial charge >= 0.3 is 0 Å². The second kappa shape index (κ2) is 8.22. The number of hydrogen-bond donors (Lipinski definition) is 1. The summed E-state index contributed by atoms with van der Waals surface area (Å²) in [5.74, 6) is 0.761. The van der Waals surface area contributed by atoms with Crippen molar-refractivity contribution in [2.24, 2.45) is 0 Å². The van der Waals surface area contributed by atoms with Crippen molar-refractivity contribution >= 4 is 21.5 Å². The van der Waals surface area contributed by atoms with Gasteiger partial charge in [0.2, 0.25) is 0 Å². The van der Waals surface area contributed by atoms with Crippen molar-refractivity contribution < 1.29 is 13.4 Å². The largest absolute Gasteiger partial charge is 0.272 e. The number of rotatable bonds is 7. The molecule has 0 radical (unpaired) electrons. The quantitative estimate of drug-likeness (QED) is 0.679. The van der Waals surface area contributed by atoms with Crippen molar-refractivity contribution in [2.75, 3.05) is 16.2 Å². The second-order valence-corrected chi connectivity index (χ2v) is 8.14. The number of anilines is 2. The Labute approximate surface area is 160 Å². The molecule has 6 heteroatoms. The number of sulfonamides is 1. The second-order valence-electron chi connectivity index (χ2n) is 6.28. The average Bonchev–Trinajstić information content (AvgIpc) is 2.69. The number of hydrogen-bond acceptors (Lipinski definition) is 3. The van der Waals surface area contributed by atoms with E-state index in [2.05, 4.69) is 41.5 Å². The van der Waals surface area contributed by atoms with Crippen LogP contribution in [0.3, 0.4) is 0 Å². The minimum atomic E-state index is -3.62. The molecule has 1 heterocycles. The number of nitrogens with one attached hydrogen (secondary N) is 2. The Morgan fingerprint density at radius 1 is 0.963 bits per heavy atom. The molecule has 5 nitrogen and oxygen atoms in total. The topological polar surface area (TPSA) is 63.6 Å². The predicted molar refractivity (Wildman–Crippen MR) is 108 cm³/mol. The fraction of sp³-hybridized carbons (Fsp3) is 0.190. The van der Waals surface area contributed by atoms with Crippen LogP contribution < -0.4 is 14.6 Å². The van der Waals surface area contributed by atoms with Crippen molar-refractivity contribution in [1.29, 1.82) is 0 Å². The Morgan fingerprint density at radius 2 is 1.67 bits per heavy atom. The van der Waals surface area contributed by atoms with Gasteiger partial charge in [-0.3, -0.25) is 9.62 Å². The van der Waals surface area contributed by atoms with Crippen LogP contribution in [-0.4, -0.2) is 15.0 Å². The van der Waals surface area contributed by atoms with Crippen LogP contribution in [0.15, 0.2) is 77.8 Å². The molecule has 3 rings (SSSR count). The van der Waals surface area contributed by atoms with Gasteiger partial charge in [-0.15, -0.1) is 0 Å². The highest BCUT2D eigenvalue weighted by atomic mass is 32.2. The molecule has 0 bridgehead atoms. The number of nitrogens with zero attached hydrogens (tertiary/aromatic N) is 1. The average molecular weight is 383 g/mol. The molecule has 0 fully saturated rings. The van der Waals surface area contributed by atoms with Crippen molar-refractivity contribution in [2.45, 2.75) is 25.3 Å². The van der Waals surface area contributed by atoms with Crippen molar-refractivity contribution in [3.8, 4) is 0 Å². The zero-order valence-electron chi connectivity index (χ0n) is 15.5. The van der Waals surface area contributed by atoms with E-state index in [-0.39, 0.29) is 4.90 Å². The maximum Gasteiger partial charge on any atom is 0.272 e. The van der Waals surface area contributed by atoms with Crippen molar-refractivity contribution in [3.05, 3.63) is 84.1 Å². The molecule has 2 N–H and O–H groups in total. The first-order chi connectivity index (χ1) is 13.0. The van der Waals surface area contributed by atoms with Crippen LogP contribution in [0.1, 0.15) is 18.1 Å². The maximum absolute atomic E-state index is 13.0. The third kappa shape index (κ3) is 4.46. The monoisotopic (exact) mass is 382 g/mol. The van der Waals surface area contributed by atoms with E-state index in [0.29, 0.717) is 18.8 Å². The van der Waals surface area contributed by atoms with Gasteiger partial charge in [-0.05, 0) is 37.6 Å². The Hall–Kier alpha value is -2.86. The van der Waals surface area contributed by atoms with Crippen LogP contribution in [0.2, 0.25) is 0 Å². The maximum atomic E-state index is 13.0. The summed E-state index contributed by atoms with van der Waals surface area (Å²) in [4.78, 5) is 3.27. The minimum Gasteiger partial charge on any atom is -0.270 e. The minimum absolute atomic E-state index is 0.231. The summed E-state index contributed by atoms with van der Waals surface area (Å²) in [6.45, 7) is 4.90. The Kier molecular flexibility index (Phi) is 5.76. The molecule has 0 aliphatic heterocycles. The first kappa shape index (κ1) is 18.9. The number of pyridine rings is 1. The van der Waals surface area contributed by atoms with E-state index in [4.69, 9.17) is 0 Å². The molecule has 0 saturated heterocycles. The molecule has 0 amide bonds. The van der Waals surface area contributed by atoms with E-state index in [1.165, 1.54) is 16.1 Å². The van der Waals surface area contributed by atoms with Crippen molar-refractivity contribution in [3.63, 3.8) is 0 Å². The predicted octanol–water partition coefficient (Wildman–Crippen LogP) is 3.64. The summed E-state index contributed by atoms with van der Waals surface area (Å²) >= 11 is 0. The fourth-order valence-electron chi connectivity index (χ4n) is 2.80. The summed E-state index contributed by atoms with van der Waals surface area (Å²) in [5, 5.41) is 3.27. The first-order valence-electron chi connectivity index (χ1n) is 8.89. The molecule has 0 aliphatic carbocycles. The molecule has 2 aromatic carbocycles. The molecule has 140 valence electrons. The third-order valence-electron chi connectivity index (χ3n) is 4.31. The van der Waals surface area contributed by atoms with Gasteiger partial charge in [0.1, 0.15) is 17.6 Å². The third-order valence-corrected chi connectivity index (χ3v) is 6.21. The molecular formula is C21H24N3O2S+. The van der Waals surface area contributed by atoms with Crippen LogP contribution in [0.4, 0.5) is 11.5 Å². The van der Waals surface area contributed by atoms with Crippen LogP contribution in [0.25, 0.3) is 0 Å². The van der Waals surface area contributed by atoms with E-state index in [1.54, 1.807) is 24.3 Å². The van der Waals surface area contributed by atoms with Gasteiger partial charge in [-0.2, -0.15) is 0 Å². The normalized spacial score (nSPS) is 11.2. The van der Waals surface area contributed by atoms with Gasteiger partial charge in [0.25, 0.3) is 15.8 Å². The highest BCUT2D eigenvalue weighted by Crippen LogP contribution is 2.22. The van der Waals surface area contributed by atoms with E-state index in [0.717, 1.165) is 11.4 Å². The summed E-state index contributed by atoms with van der Waals surface area (Å²) in [5.41, 5.74) is 3.03. The van der Waals surface area contributed by atoms with Gasteiger partial charge in [0.05, 0.1) is 5.69 Å². The number of aromatic amines is 1. The fourth-order valence-corrected chi connectivity index (χ4v) is 4.24. The van der Waals surface area contributed by atoms with Crippen LogP contribution in [-0.2, 0) is 16.6 Å². The molecule has 1 aromatic heterocycles. The lowest BCUT2D eigenvalue weighted by Gasteiger charge is -2.22. The summed E-state index contributed by atoms with van der Waals surface area (Å²) in [6.07, 6.45) is 1.53. The van der Waals surface area contributed by atoms with E-state index in [9.17, 15) is 8.42 Å². The van der Waals surface area contributed by atoms with Crippen LogP contribution in [0.5, 0.6) is 0 Å². The Morgan fingerprint density at radius 3 is 2.26 bits per heavy atom. The van der Waals surface area contributed by atoms with Gasteiger partial charge in [-0.1, -0.05) is 48.0 Å². The van der Waals surface area contributed by atoms with Crippen LogP contribution in [0, 0.1) is 6.92 Å². The van der Waals surface area contributed by atoms with Gasteiger partial charge in [0.15, 0.2) is 0 Å². The van der Waals surface area contributed by atoms with Gasteiger partial charge in [-0.25, -0.2) is 13.4 Å².